The molecule has 3 aromatic rings. The third kappa shape index (κ3) is 6.15. The topological polar surface area (TPSA) is 65.5 Å². The Morgan fingerprint density at radius 3 is 2.36 bits per heavy atom. The summed E-state index contributed by atoms with van der Waals surface area (Å²) in [6.45, 7) is 6.35. The number of aromatic nitrogens is 2. The van der Waals surface area contributed by atoms with E-state index in [1.807, 2.05) is 68.6 Å². The van der Waals surface area contributed by atoms with Crippen LogP contribution in [0.2, 0.25) is 0 Å². The average Bonchev–Trinajstić information content (AvgIpc) is 2.81. The van der Waals surface area contributed by atoms with Crippen LogP contribution in [0.3, 0.4) is 0 Å². The molecule has 0 atom stereocenters. The molecule has 0 bridgehead atoms. The van der Waals surface area contributed by atoms with Gasteiger partial charge in [-0.2, -0.15) is 4.98 Å². The van der Waals surface area contributed by atoms with Crippen LogP contribution in [0.1, 0.15) is 46.5 Å². The van der Waals surface area contributed by atoms with Crippen molar-refractivity contribution >= 4 is 5.95 Å². The van der Waals surface area contributed by atoms with E-state index in [0.717, 1.165) is 41.4 Å². The normalized spacial score (nSPS) is 18.1. The Kier molecular flexibility index (Phi) is 7.33. The van der Waals surface area contributed by atoms with Crippen molar-refractivity contribution in [2.75, 3.05) is 12.4 Å². The summed E-state index contributed by atoms with van der Waals surface area (Å²) in [6.07, 6.45) is 6.68. The van der Waals surface area contributed by atoms with Crippen molar-refractivity contribution in [2.45, 2.75) is 58.6 Å². The fourth-order valence-electron chi connectivity index (χ4n) is 4.06. The Balaban J connectivity index is 1.62. The predicted octanol–water partition coefficient (Wildman–Crippen LogP) is 6.72. The number of anilines is 1. The summed E-state index contributed by atoms with van der Waals surface area (Å²) in [4.78, 5) is 9.38. The van der Waals surface area contributed by atoms with Gasteiger partial charge in [0.2, 0.25) is 11.8 Å². The van der Waals surface area contributed by atoms with E-state index in [4.69, 9.17) is 19.2 Å². The van der Waals surface area contributed by atoms with E-state index in [1.165, 1.54) is 12.8 Å². The molecule has 0 aliphatic heterocycles. The minimum atomic E-state index is 0.124. The molecular formula is C27H33N3O3. The largest absolute Gasteiger partial charge is 0.497 e. The molecule has 174 valence electrons. The highest BCUT2D eigenvalue weighted by atomic mass is 16.5. The fourth-order valence-corrected chi connectivity index (χ4v) is 4.06. The second-order valence-electron chi connectivity index (χ2n) is 8.99. The number of rotatable bonds is 8. The van der Waals surface area contributed by atoms with Crippen LogP contribution in [0.15, 0.2) is 54.7 Å². The molecule has 6 heteroatoms. The van der Waals surface area contributed by atoms with Crippen LogP contribution in [0.5, 0.6) is 23.1 Å². The molecule has 0 saturated heterocycles. The zero-order valence-corrected chi connectivity index (χ0v) is 19.9. The highest BCUT2D eigenvalue weighted by Gasteiger charge is 2.20. The molecule has 1 N–H and O–H groups in total. The van der Waals surface area contributed by atoms with Crippen LogP contribution < -0.4 is 19.5 Å². The Morgan fingerprint density at radius 1 is 0.939 bits per heavy atom. The molecule has 1 heterocycles. The smallest absolute Gasteiger partial charge is 0.231 e. The first-order chi connectivity index (χ1) is 16.0. The molecule has 0 amide bonds. The first-order valence-electron chi connectivity index (χ1n) is 11.7. The van der Waals surface area contributed by atoms with E-state index < -0.39 is 0 Å². The molecule has 2 aromatic carbocycles. The summed E-state index contributed by atoms with van der Waals surface area (Å²) in [5.41, 5.74) is 1.78. The zero-order valence-electron chi connectivity index (χ0n) is 19.9. The van der Waals surface area contributed by atoms with Gasteiger partial charge in [0.15, 0.2) is 0 Å². The number of methoxy groups -OCH3 is 1. The minimum absolute atomic E-state index is 0.124. The van der Waals surface area contributed by atoms with Crippen molar-refractivity contribution in [2.24, 2.45) is 5.92 Å². The van der Waals surface area contributed by atoms with Crippen molar-refractivity contribution in [1.82, 2.24) is 9.97 Å². The summed E-state index contributed by atoms with van der Waals surface area (Å²) in [6, 6.07) is 15.8. The summed E-state index contributed by atoms with van der Waals surface area (Å²) in [7, 11) is 1.64. The quantitative estimate of drug-likeness (QED) is 0.413. The number of nitrogens with zero attached hydrogens (tertiary/aromatic N) is 2. The Bertz CT molecular complexity index is 1040. The lowest BCUT2D eigenvalue weighted by molar-refractivity contribution is 0.242. The van der Waals surface area contributed by atoms with Gasteiger partial charge in [-0.3, -0.25) is 0 Å². The molecule has 0 spiro atoms. The van der Waals surface area contributed by atoms with Crippen LogP contribution in [0.4, 0.5) is 5.95 Å². The van der Waals surface area contributed by atoms with E-state index in [0.29, 0.717) is 23.6 Å². The van der Waals surface area contributed by atoms with Gasteiger partial charge in [-0.15, -0.1) is 0 Å². The maximum Gasteiger partial charge on any atom is 0.231 e. The van der Waals surface area contributed by atoms with Crippen LogP contribution in [0.25, 0.3) is 11.1 Å². The summed E-state index contributed by atoms with van der Waals surface area (Å²) in [5.74, 6) is 4.11. The lowest BCUT2D eigenvalue weighted by Crippen LogP contribution is -2.26. The van der Waals surface area contributed by atoms with Gasteiger partial charge >= 0.3 is 0 Å². The van der Waals surface area contributed by atoms with Gasteiger partial charge < -0.3 is 19.5 Å². The van der Waals surface area contributed by atoms with Gasteiger partial charge in [-0.1, -0.05) is 25.1 Å². The van der Waals surface area contributed by atoms with Crippen molar-refractivity contribution in [3.8, 4) is 34.3 Å². The van der Waals surface area contributed by atoms with E-state index in [9.17, 15) is 0 Å². The number of hydrogen-bond donors (Lipinski definition) is 1. The molecule has 0 radical (unpaired) electrons. The Labute approximate surface area is 196 Å². The van der Waals surface area contributed by atoms with Gasteiger partial charge in [0.25, 0.3) is 0 Å². The number of nitrogens with one attached hydrogen (secondary N) is 1. The number of benzene rings is 2. The molecule has 1 aromatic heterocycles. The summed E-state index contributed by atoms with van der Waals surface area (Å²) < 4.78 is 17.4. The first-order valence-corrected chi connectivity index (χ1v) is 11.7. The molecule has 4 rings (SSSR count). The van der Waals surface area contributed by atoms with E-state index >= 15 is 0 Å². The van der Waals surface area contributed by atoms with Gasteiger partial charge in [0.1, 0.15) is 17.2 Å². The highest BCUT2D eigenvalue weighted by Crippen LogP contribution is 2.34. The highest BCUT2D eigenvalue weighted by molar-refractivity contribution is 5.69. The van der Waals surface area contributed by atoms with Gasteiger partial charge in [0.05, 0.1) is 18.8 Å². The maximum absolute atomic E-state index is 6.25. The predicted molar refractivity (Wildman–Crippen MR) is 131 cm³/mol. The van der Waals surface area contributed by atoms with Crippen molar-refractivity contribution < 1.29 is 14.2 Å². The van der Waals surface area contributed by atoms with Crippen molar-refractivity contribution in [3.63, 3.8) is 0 Å². The van der Waals surface area contributed by atoms with Crippen LogP contribution in [-0.4, -0.2) is 29.2 Å². The molecule has 1 aliphatic rings. The molecule has 1 fully saturated rings. The average molecular weight is 448 g/mol. The fraction of sp³-hybridized carbons (Fsp3) is 0.407. The molecule has 6 nitrogen and oxygen atoms in total. The number of ether oxygens (including phenoxy) is 3. The first kappa shape index (κ1) is 22.9. The van der Waals surface area contributed by atoms with Crippen molar-refractivity contribution in [1.29, 1.82) is 0 Å². The van der Waals surface area contributed by atoms with Crippen LogP contribution in [-0.2, 0) is 0 Å². The molecule has 1 aliphatic carbocycles. The van der Waals surface area contributed by atoms with Crippen LogP contribution in [0, 0.1) is 5.92 Å². The van der Waals surface area contributed by atoms with E-state index in [-0.39, 0.29) is 6.10 Å². The SMILES string of the molecule is COc1cccc(Oc2nc(NC3CCC(C)CC3)ncc2-c2ccc(OC(C)C)cc2)c1. The lowest BCUT2D eigenvalue weighted by Gasteiger charge is -2.27. The third-order valence-corrected chi connectivity index (χ3v) is 5.90. The second kappa shape index (κ2) is 10.6. The molecule has 33 heavy (non-hydrogen) atoms. The third-order valence-electron chi connectivity index (χ3n) is 5.90. The lowest BCUT2D eigenvalue weighted by atomic mass is 9.87. The molecular weight excluding hydrogens is 414 g/mol. The Morgan fingerprint density at radius 2 is 1.67 bits per heavy atom. The van der Waals surface area contributed by atoms with Gasteiger partial charge in [0, 0.05) is 18.3 Å². The number of hydrogen-bond acceptors (Lipinski definition) is 6. The van der Waals surface area contributed by atoms with Crippen LogP contribution >= 0.6 is 0 Å². The minimum Gasteiger partial charge on any atom is -0.497 e. The van der Waals surface area contributed by atoms with Crippen molar-refractivity contribution in [3.05, 3.63) is 54.7 Å². The zero-order chi connectivity index (χ0) is 23.2. The summed E-state index contributed by atoms with van der Waals surface area (Å²) in [5, 5.41) is 3.51. The maximum atomic E-state index is 6.25. The second-order valence-corrected chi connectivity index (χ2v) is 8.99. The van der Waals surface area contributed by atoms with E-state index in [1.54, 1.807) is 7.11 Å². The monoisotopic (exact) mass is 447 g/mol. The standard InChI is InChI=1S/C27H33N3O3/c1-18(2)32-22-14-10-20(11-15-22)25-17-28-27(29-21-12-8-19(3)9-13-21)30-26(25)33-24-7-5-6-23(16-24)31-4/h5-7,10-11,14-19,21H,8-9,12-13H2,1-4H3,(H,28,29,30). The van der Waals surface area contributed by atoms with Gasteiger partial charge in [-0.05, 0) is 75.3 Å². The van der Waals surface area contributed by atoms with Gasteiger partial charge in [-0.25, -0.2) is 4.98 Å². The summed E-state index contributed by atoms with van der Waals surface area (Å²) >= 11 is 0. The molecule has 1 saturated carbocycles. The Hall–Kier alpha value is -3.28. The van der Waals surface area contributed by atoms with E-state index in [2.05, 4.69) is 17.2 Å². The molecule has 0 unspecified atom stereocenters.